The molecule has 0 aliphatic heterocycles. The van der Waals surface area contributed by atoms with Crippen LogP contribution in [0, 0.1) is 16.0 Å². The lowest BCUT2D eigenvalue weighted by Gasteiger charge is -2.18. The standard InChI is InChI=1S/C14H23NO2/c1-3-4-5-6-8-12(2)13-9-7-10-14(11-13)15(16)17/h7,10-12,14H,3-6,8-9H2,1-2H3. The maximum absolute atomic E-state index is 10.7. The summed E-state index contributed by atoms with van der Waals surface area (Å²) in [5.74, 6) is 0.485. The van der Waals surface area contributed by atoms with Crippen molar-refractivity contribution in [1.29, 1.82) is 0 Å². The Balaban J connectivity index is 2.40. The Morgan fingerprint density at radius 2 is 2.24 bits per heavy atom. The third-order valence-electron chi connectivity index (χ3n) is 3.44. The Hall–Kier alpha value is -1.12. The number of allylic oxidation sites excluding steroid dienone is 2. The van der Waals surface area contributed by atoms with Crippen LogP contribution in [0.1, 0.15) is 52.4 Å². The molecular weight excluding hydrogens is 214 g/mol. The minimum absolute atomic E-state index is 0.223. The van der Waals surface area contributed by atoms with E-state index in [1.807, 2.05) is 12.2 Å². The summed E-state index contributed by atoms with van der Waals surface area (Å²) in [6.07, 6.45) is 12.6. The van der Waals surface area contributed by atoms with Gasteiger partial charge in [-0.25, -0.2) is 0 Å². The molecule has 0 spiro atoms. The zero-order valence-electron chi connectivity index (χ0n) is 10.9. The van der Waals surface area contributed by atoms with Crippen molar-refractivity contribution in [3.63, 3.8) is 0 Å². The van der Waals surface area contributed by atoms with Gasteiger partial charge in [0.2, 0.25) is 6.04 Å². The molecule has 0 fully saturated rings. The van der Waals surface area contributed by atoms with Gasteiger partial charge >= 0.3 is 0 Å². The van der Waals surface area contributed by atoms with Crippen LogP contribution in [-0.4, -0.2) is 11.0 Å². The SMILES string of the molecule is CCCCCCC(C)C1=CC([N+](=O)[O-])C=CC1. The summed E-state index contributed by atoms with van der Waals surface area (Å²) in [6.45, 7) is 4.40. The molecule has 0 bridgehead atoms. The first-order chi connectivity index (χ1) is 8.15. The molecule has 0 aromatic rings. The van der Waals surface area contributed by atoms with Crippen LogP contribution in [0.5, 0.6) is 0 Å². The average Bonchev–Trinajstić information content (AvgIpc) is 2.34. The summed E-state index contributed by atoms with van der Waals surface area (Å²) in [6, 6.07) is -0.600. The van der Waals surface area contributed by atoms with Gasteiger partial charge in [0.05, 0.1) is 0 Å². The van der Waals surface area contributed by atoms with Crippen LogP contribution in [0.25, 0.3) is 0 Å². The summed E-state index contributed by atoms with van der Waals surface area (Å²) >= 11 is 0. The number of rotatable bonds is 7. The van der Waals surface area contributed by atoms with Crippen LogP contribution >= 0.6 is 0 Å². The van der Waals surface area contributed by atoms with Gasteiger partial charge in [-0.1, -0.05) is 51.2 Å². The maximum atomic E-state index is 10.7. The average molecular weight is 237 g/mol. The second kappa shape index (κ2) is 7.25. The molecule has 0 N–H and O–H groups in total. The van der Waals surface area contributed by atoms with Gasteiger partial charge in [0, 0.05) is 4.92 Å². The normalized spacial score (nSPS) is 21.1. The Labute approximate surface area is 104 Å². The van der Waals surface area contributed by atoms with Gasteiger partial charge < -0.3 is 0 Å². The van der Waals surface area contributed by atoms with E-state index in [2.05, 4.69) is 13.8 Å². The molecule has 17 heavy (non-hydrogen) atoms. The second-order valence-electron chi connectivity index (χ2n) is 4.90. The molecule has 1 rings (SSSR count). The molecule has 3 nitrogen and oxygen atoms in total. The third-order valence-corrected chi connectivity index (χ3v) is 3.44. The lowest BCUT2D eigenvalue weighted by Crippen LogP contribution is -2.18. The second-order valence-corrected chi connectivity index (χ2v) is 4.90. The largest absolute Gasteiger partial charge is 0.264 e. The predicted molar refractivity (Wildman–Crippen MR) is 70.5 cm³/mol. The fourth-order valence-corrected chi connectivity index (χ4v) is 2.25. The summed E-state index contributed by atoms with van der Waals surface area (Å²) in [5.41, 5.74) is 1.24. The molecule has 0 heterocycles. The predicted octanol–water partition coefficient (Wildman–Crippen LogP) is 4.12. The van der Waals surface area contributed by atoms with E-state index < -0.39 is 6.04 Å². The highest BCUT2D eigenvalue weighted by Crippen LogP contribution is 2.25. The zero-order chi connectivity index (χ0) is 12.7. The van der Waals surface area contributed by atoms with Gasteiger partial charge in [0.1, 0.15) is 0 Å². The van der Waals surface area contributed by atoms with E-state index in [0.717, 1.165) is 12.8 Å². The molecule has 0 amide bonds. The van der Waals surface area contributed by atoms with Crippen LogP contribution in [0.15, 0.2) is 23.8 Å². The van der Waals surface area contributed by atoms with Gasteiger partial charge in [-0.2, -0.15) is 0 Å². The minimum atomic E-state index is -0.600. The molecule has 0 aromatic carbocycles. The van der Waals surface area contributed by atoms with Crippen LogP contribution in [0.3, 0.4) is 0 Å². The Kier molecular flexibility index (Phi) is 5.95. The maximum Gasteiger partial charge on any atom is 0.249 e. The van der Waals surface area contributed by atoms with E-state index in [0.29, 0.717) is 5.92 Å². The molecule has 0 saturated heterocycles. The highest BCUT2D eigenvalue weighted by molar-refractivity contribution is 5.21. The van der Waals surface area contributed by atoms with E-state index in [1.54, 1.807) is 6.08 Å². The van der Waals surface area contributed by atoms with Gasteiger partial charge in [-0.3, -0.25) is 10.1 Å². The highest BCUT2D eigenvalue weighted by Gasteiger charge is 2.19. The van der Waals surface area contributed by atoms with Crippen molar-refractivity contribution >= 4 is 0 Å². The van der Waals surface area contributed by atoms with Gasteiger partial charge in [0.15, 0.2) is 0 Å². The van der Waals surface area contributed by atoms with E-state index in [-0.39, 0.29) is 4.92 Å². The van der Waals surface area contributed by atoms with Crippen LogP contribution in [-0.2, 0) is 0 Å². The van der Waals surface area contributed by atoms with Crippen LogP contribution in [0.4, 0.5) is 0 Å². The monoisotopic (exact) mass is 237 g/mol. The molecule has 3 heteroatoms. The Bertz CT molecular complexity index is 307. The summed E-state index contributed by atoms with van der Waals surface area (Å²) < 4.78 is 0. The van der Waals surface area contributed by atoms with Crippen molar-refractivity contribution in [2.45, 2.75) is 58.4 Å². The quantitative estimate of drug-likeness (QED) is 0.289. The van der Waals surface area contributed by atoms with E-state index >= 15 is 0 Å². The number of nitro groups is 1. The van der Waals surface area contributed by atoms with Gasteiger partial charge in [-0.05, 0) is 30.9 Å². The van der Waals surface area contributed by atoms with Crippen molar-refractivity contribution in [2.24, 2.45) is 5.92 Å². The van der Waals surface area contributed by atoms with E-state index in [4.69, 9.17) is 0 Å². The first kappa shape index (κ1) is 13.9. The lowest BCUT2D eigenvalue weighted by molar-refractivity contribution is -0.497. The summed E-state index contributed by atoms with van der Waals surface area (Å²) in [4.78, 5) is 10.5. The molecule has 0 saturated carbocycles. The third kappa shape index (κ3) is 4.72. The Morgan fingerprint density at radius 1 is 1.47 bits per heavy atom. The molecule has 0 radical (unpaired) electrons. The number of hydrogen-bond donors (Lipinski definition) is 0. The summed E-state index contributed by atoms with van der Waals surface area (Å²) in [7, 11) is 0. The molecule has 2 unspecified atom stereocenters. The van der Waals surface area contributed by atoms with Gasteiger partial charge in [0.25, 0.3) is 0 Å². The smallest absolute Gasteiger partial charge is 0.249 e. The number of hydrogen-bond acceptors (Lipinski definition) is 2. The lowest BCUT2D eigenvalue weighted by atomic mass is 9.88. The minimum Gasteiger partial charge on any atom is -0.264 e. The van der Waals surface area contributed by atoms with Crippen molar-refractivity contribution in [1.82, 2.24) is 0 Å². The first-order valence-corrected chi connectivity index (χ1v) is 6.66. The zero-order valence-corrected chi connectivity index (χ0v) is 10.9. The fourth-order valence-electron chi connectivity index (χ4n) is 2.25. The molecule has 2 atom stereocenters. The molecule has 1 aliphatic rings. The van der Waals surface area contributed by atoms with Crippen LogP contribution < -0.4 is 0 Å². The Morgan fingerprint density at radius 3 is 2.88 bits per heavy atom. The topological polar surface area (TPSA) is 43.1 Å². The highest BCUT2D eigenvalue weighted by atomic mass is 16.6. The molecule has 1 aliphatic carbocycles. The fraction of sp³-hybridized carbons (Fsp3) is 0.714. The van der Waals surface area contributed by atoms with Crippen molar-refractivity contribution in [3.05, 3.63) is 33.9 Å². The molecular formula is C14H23NO2. The van der Waals surface area contributed by atoms with Crippen LogP contribution in [0.2, 0.25) is 0 Å². The van der Waals surface area contributed by atoms with Crippen molar-refractivity contribution < 1.29 is 4.92 Å². The molecule has 96 valence electrons. The first-order valence-electron chi connectivity index (χ1n) is 6.66. The van der Waals surface area contributed by atoms with E-state index in [1.165, 1.54) is 31.3 Å². The van der Waals surface area contributed by atoms with Crippen molar-refractivity contribution in [2.75, 3.05) is 0 Å². The summed E-state index contributed by atoms with van der Waals surface area (Å²) in [5, 5.41) is 10.7. The van der Waals surface area contributed by atoms with E-state index in [9.17, 15) is 10.1 Å². The number of unbranched alkanes of at least 4 members (excludes halogenated alkanes) is 3. The number of nitrogens with zero attached hydrogens (tertiary/aromatic N) is 1. The molecule has 0 aromatic heterocycles. The van der Waals surface area contributed by atoms with Crippen molar-refractivity contribution in [3.8, 4) is 0 Å². The van der Waals surface area contributed by atoms with Gasteiger partial charge in [-0.15, -0.1) is 0 Å².